The van der Waals surface area contributed by atoms with Crippen molar-refractivity contribution >= 4 is 6.09 Å². The Hall–Kier alpha value is -0.770. The molecule has 0 aromatic rings. The van der Waals surface area contributed by atoms with Crippen LogP contribution >= 0.6 is 0 Å². The molecular formula is C12H22N2O2. The van der Waals surface area contributed by atoms with Crippen LogP contribution in [-0.4, -0.2) is 54.7 Å². The number of amides is 1. The number of ether oxygens (including phenoxy) is 1. The van der Waals surface area contributed by atoms with Gasteiger partial charge < -0.3 is 9.64 Å². The average Bonchev–Trinajstić information content (AvgIpc) is 2.80. The van der Waals surface area contributed by atoms with E-state index >= 15 is 0 Å². The van der Waals surface area contributed by atoms with Crippen molar-refractivity contribution in [1.29, 1.82) is 0 Å². The summed E-state index contributed by atoms with van der Waals surface area (Å²) in [7, 11) is 0. The third-order valence-electron chi connectivity index (χ3n) is 3.60. The largest absolute Gasteiger partial charge is 0.450 e. The molecule has 92 valence electrons. The molecule has 0 aromatic carbocycles. The van der Waals surface area contributed by atoms with E-state index in [4.69, 9.17) is 4.74 Å². The van der Waals surface area contributed by atoms with Crippen LogP contribution in [0.1, 0.15) is 32.6 Å². The first-order valence-electron chi connectivity index (χ1n) is 6.47. The molecule has 16 heavy (non-hydrogen) atoms. The summed E-state index contributed by atoms with van der Waals surface area (Å²) in [6, 6.07) is 0.574. The monoisotopic (exact) mass is 226 g/mol. The fourth-order valence-corrected chi connectivity index (χ4v) is 2.70. The molecule has 4 heteroatoms. The lowest BCUT2D eigenvalue weighted by molar-refractivity contribution is 0.108. The summed E-state index contributed by atoms with van der Waals surface area (Å²) < 4.78 is 5.03. The molecule has 2 heterocycles. The van der Waals surface area contributed by atoms with Crippen molar-refractivity contribution in [3.8, 4) is 0 Å². The summed E-state index contributed by atoms with van der Waals surface area (Å²) >= 11 is 0. The molecule has 0 bridgehead atoms. The van der Waals surface area contributed by atoms with Crippen LogP contribution in [0.4, 0.5) is 4.79 Å². The highest BCUT2D eigenvalue weighted by atomic mass is 16.6. The number of hydrogen-bond donors (Lipinski definition) is 0. The van der Waals surface area contributed by atoms with E-state index in [1.165, 1.54) is 32.4 Å². The van der Waals surface area contributed by atoms with Crippen LogP contribution in [0.2, 0.25) is 0 Å². The van der Waals surface area contributed by atoms with Crippen molar-refractivity contribution in [2.45, 2.75) is 38.6 Å². The number of hydrogen-bond acceptors (Lipinski definition) is 3. The Morgan fingerprint density at radius 3 is 2.69 bits per heavy atom. The van der Waals surface area contributed by atoms with Crippen LogP contribution in [-0.2, 0) is 4.74 Å². The minimum absolute atomic E-state index is 0.137. The first kappa shape index (κ1) is 11.7. The predicted octanol–water partition coefficient (Wildman–Crippen LogP) is 1.70. The van der Waals surface area contributed by atoms with Gasteiger partial charge in [0.1, 0.15) is 0 Å². The summed E-state index contributed by atoms with van der Waals surface area (Å²) in [4.78, 5) is 16.0. The van der Waals surface area contributed by atoms with Crippen molar-refractivity contribution in [2.75, 3.05) is 32.8 Å². The van der Waals surface area contributed by atoms with Gasteiger partial charge in [0.2, 0.25) is 0 Å². The van der Waals surface area contributed by atoms with E-state index in [2.05, 4.69) is 4.90 Å². The average molecular weight is 226 g/mol. The maximum absolute atomic E-state index is 11.6. The molecule has 0 aromatic heterocycles. The highest BCUT2D eigenvalue weighted by Gasteiger charge is 2.31. The quantitative estimate of drug-likeness (QED) is 0.718. The van der Waals surface area contributed by atoms with E-state index in [1.807, 2.05) is 11.8 Å². The first-order valence-corrected chi connectivity index (χ1v) is 6.47. The van der Waals surface area contributed by atoms with Crippen molar-refractivity contribution in [2.24, 2.45) is 0 Å². The van der Waals surface area contributed by atoms with Crippen molar-refractivity contribution < 1.29 is 9.53 Å². The SMILES string of the molecule is CCOC(=O)N1CCC(N2CCCCC2)C1. The molecule has 1 amide bonds. The molecule has 2 fully saturated rings. The van der Waals surface area contributed by atoms with Gasteiger partial charge in [0.25, 0.3) is 0 Å². The summed E-state index contributed by atoms with van der Waals surface area (Å²) in [5.74, 6) is 0. The van der Waals surface area contributed by atoms with Crippen LogP contribution in [0.5, 0.6) is 0 Å². The van der Waals surface area contributed by atoms with Gasteiger partial charge in [0.15, 0.2) is 0 Å². The lowest BCUT2D eigenvalue weighted by atomic mass is 10.1. The Kier molecular flexibility index (Phi) is 4.04. The zero-order chi connectivity index (χ0) is 11.4. The Morgan fingerprint density at radius 1 is 1.25 bits per heavy atom. The predicted molar refractivity (Wildman–Crippen MR) is 62.4 cm³/mol. The van der Waals surface area contributed by atoms with E-state index in [9.17, 15) is 4.79 Å². The smallest absolute Gasteiger partial charge is 0.409 e. The van der Waals surface area contributed by atoms with Gasteiger partial charge in [-0.05, 0) is 39.3 Å². The molecule has 2 aliphatic rings. The maximum atomic E-state index is 11.6. The second-order valence-electron chi connectivity index (χ2n) is 4.68. The number of nitrogens with zero attached hydrogens (tertiary/aromatic N) is 2. The van der Waals surface area contributed by atoms with Gasteiger partial charge in [-0.1, -0.05) is 6.42 Å². The van der Waals surface area contributed by atoms with Gasteiger partial charge in [-0.3, -0.25) is 4.90 Å². The molecule has 2 saturated heterocycles. The molecule has 0 aliphatic carbocycles. The Bertz CT molecular complexity index is 239. The van der Waals surface area contributed by atoms with Crippen LogP contribution < -0.4 is 0 Å². The molecule has 1 atom stereocenters. The number of rotatable bonds is 2. The second kappa shape index (κ2) is 5.53. The van der Waals surface area contributed by atoms with Crippen LogP contribution in [0.3, 0.4) is 0 Å². The van der Waals surface area contributed by atoms with Gasteiger partial charge in [-0.15, -0.1) is 0 Å². The molecular weight excluding hydrogens is 204 g/mol. The lowest BCUT2D eigenvalue weighted by Crippen LogP contribution is -2.41. The Morgan fingerprint density at radius 2 is 2.00 bits per heavy atom. The van der Waals surface area contributed by atoms with E-state index in [1.54, 1.807) is 0 Å². The fourth-order valence-electron chi connectivity index (χ4n) is 2.70. The molecule has 2 rings (SSSR count). The zero-order valence-corrected chi connectivity index (χ0v) is 10.2. The summed E-state index contributed by atoms with van der Waals surface area (Å²) in [5.41, 5.74) is 0. The molecule has 4 nitrogen and oxygen atoms in total. The van der Waals surface area contributed by atoms with E-state index in [0.29, 0.717) is 12.6 Å². The van der Waals surface area contributed by atoms with Gasteiger partial charge in [-0.25, -0.2) is 4.79 Å². The van der Waals surface area contributed by atoms with Gasteiger partial charge in [0, 0.05) is 19.1 Å². The van der Waals surface area contributed by atoms with Crippen LogP contribution in [0.25, 0.3) is 0 Å². The fraction of sp³-hybridized carbons (Fsp3) is 0.917. The van der Waals surface area contributed by atoms with E-state index < -0.39 is 0 Å². The zero-order valence-electron chi connectivity index (χ0n) is 10.2. The van der Waals surface area contributed by atoms with Crippen molar-refractivity contribution in [3.63, 3.8) is 0 Å². The van der Waals surface area contributed by atoms with Crippen LogP contribution in [0, 0.1) is 0 Å². The topological polar surface area (TPSA) is 32.8 Å². The van der Waals surface area contributed by atoms with Crippen molar-refractivity contribution in [1.82, 2.24) is 9.80 Å². The molecule has 0 radical (unpaired) electrons. The molecule has 2 aliphatic heterocycles. The van der Waals surface area contributed by atoms with Crippen molar-refractivity contribution in [3.05, 3.63) is 0 Å². The van der Waals surface area contributed by atoms with Gasteiger partial charge in [-0.2, -0.15) is 0 Å². The second-order valence-corrected chi connectivity index (χ2v) is 4.68. The minimum atomic E-state index is -0.137. The maximum Gasteiger partial charge on any atom is 0.409 e. The molecule has 1 unspecified atom stereocenters. The highest BCUT2D eigenvalue weighted by molar-refractivity contribution is 5.68. The number of piperidine rings is 1. The third kappa shape index (κ3) is 2.67. The Labute approximate surface area is 97.5 Å². The highest BCUT2D eigenvalue weighted by Crippen LogP contribution is 2.20. The van der Waals surface area contributed by atoms with E-state index in [-0.39, 0.29) is 6.09 Å². The first-order chi connectivity index (χ1) is 7.81. The summed E-state index contributed by atoms with van der Waals surface area (Å²) in [6.45, 7) is 6.47. The standard InChI is InChI=1S/C12H22N2O2/c1-2-16-12(15)14-9-6-11(10-14)13-7-4-3-5-8-13/h11H,2-10H2,1H3. The number of carbonyl (C=O) groups excluding carboxylic acids is 1. The summed E-state index contributed by atoms with van der Waals surface area (Å²) in [6.07, 6.45) is 4.97. The summed E-state index contributed by atoms with van der Waals surface area (Å²) in [5, 5.41) is 0. The van der Waals surface area contributed by atoms with Gasteiger partial charge >= 0.3 is 6.09 Å². The minimum Gasteiger partial charge on any atom is -0.450 e. The van der Waals surface area contributed by atoms with E-state index in [0.717, 1.165) is 19.5 Å². The van der Waals surface area contributed by atoms with Gasteiger partial charge in [0.05, 0.1) is 6.61 Å². The number of likely N-dealkylation sites (tertiary alicyclic amines) is 2. The molecule has 0 spiro atoms. The van der Waals surface area contributed by atoms with Crippen LogP contribution in [0.15, 0.2) is 0 Å². The third-order valence-corrected chi connectivity index (χ3v) is 3.60. The molecule has 0 N–H and O–H groups in total. The Balaban J connectivity index is 1.80. The molecule has 0 saturated carbocycles. The normalized spacial score (nSPS) is 27.1. The lowest BCUT2D eigenvalue weighted by Gasteiger charge is -2.31. The number of carbonyl (C=O) groups is 1.